The molecule has 0 saturated carbocycles. The van der Waals surface area contributed by atoms with Gasteiger partial charge < -0.3 is 5.32 Å². The monoisotopic (exact) mass is 307 g/mol. The normalized spacial score (nSPS) is 24.3. The summed E-state index contributed by atoms with van der Waals surface area (Å²) in [5.41, 5.74) is 3.16. The summed E-state index contributed by atoms with van der Waals surface area (Å²) in [6, 6.07) is 12.1. The number of likely N-dealkylation sites (tertiary alicyclic amines) is 1. The van der Waals surface area contributed by atoms with E-state index in [9.17, 15) is 4.79 Å². The number of rotatable bonds is 2. The Bertz CT molecular complexity index is 716. The minimum Gasteiger partial charge on any atom is -0.345 e. The molecule has 0 bridgehead atoms. The van der Waals surface area contributed by atoms with Crippen LogP contribution in [0.1, 0.15) is 34.3 Å². The van der Waals surface area contributed by atoms with Crippen LogP contribution in [0.5, 0.6) is 0 Å². The van der Waals surface area contributed by atoms with Crippen molar-refractivity contribution in [1.29, 1.82) is 0 Å². The van der Waals surface area contributed by atoms with Gasteiger partial charge in [-0.2, -0.15) is 0 Å². The second kappa shape index (κ2) is 5.78. The van der Waals surface area contributed by atoms with E-state index in [4.69, 9.17) is 0 Å². The number of carbonyl (C=O) groups excluding carboxylic acids is 1. The van der Waals surface area contributed by atoms with Crippen molar-refractivity contribution in [2.24, 2.45) is 0 Å². The predicted molar refractivity (Wildman–Crippen MR) is 89.1 cm³/mol. The number of nitrogens with zero attached hydrogens (tertiary/aromatic N) is 2. The molecule has 2 aromatic rings. The van der Waals surface area contributed by atoms with Crippen LogP contribution in [0.15, 0.2) is 48.8 Å². The lowest BCUT2D eigenvalue weighted by atomic mass is 9.91. The van der Waals surface area contributed by atoms with Crippen LogP contribution in [0.2, 0.25) is 0 Å². The Morgan fingerprint density at radius 1 is 1.17 bits per heavy atom. The van der Waals surface area contributed by atoms with Crippen molar-refractivity contribution in [1.82, 2.24) is 15.2 Å². The van der Waals surface area contributed by atoms with Gasteiger partial charge in [0.1, 0.15) is 0 Å². The molecule has 4 rings (SSSR count). The average Bonchev–Trinajstić information content (AvgIpc) is 2.90. The van der Waals surface area contributed by atoms with E-state index in [1.807, 2.05) is 30.5 Å². The zero-order valence-electron chi connectivity index (χ0n) is 13.2. The molecule has 0 unspecified atom stereocenters. The topological polar surface area (TPSA) is 45.2 Å². The smallest absolute Gasteiger partial charge is 0.252 e. The van der Waals surface area contributed by atoms with Gasteiger partial charge in [-0.1, -0.05) is 24.3 Å². The maximum absolute atomic E-state index is 12.6. The molecular weight excluding hydrogens is 286 g/mol. The molecule has 2 aliphatic rings. The van der Waals surface area contributed by atoms with Crippen molar-refractivity contribution in [3.63, 3.8) is 0 Å². The zero-order chi connectivity index (χ0) is 15.7. The molecule has 0 aliphatic carbocycles. The molecular formula is C19H21N3O. The zero-order valence-corrected chi connectivity index (χ0v) is 13.2. The van der Waals surface area contributed by atoms with Crippen LogP contribution in [0.25, 0.3) is 0 Å². The van der Waals surface area contributed by atoms with Crippen LogP contribution in [0.4, 0.5) is 0 Å². The van der Waals surface area contributed by atoms with E-state index >= 15 is 0 Å². The first-order valence-electron chi connectivity index (χ1n) is 8.26. The van der Waals surface area contributed by atoms with Crippen molar-refractivity contribution in [3.8, 4) is 0 Å². The molecule has 1 N–H and O–H groups in total. The molecule has 1 spiro atoms. The highest BCUT2D eigenvalue weighted by Gasteiger charge is 2.40. The van der Waals surface area contributed by atoms with Gasteiger partial charge in [-0.05, 0) is 42.5 Å². The molecule has 4 nitrogen and oxygen atoms in total. The fourth-order valence-corrected chi connectivity index (χ4v) is 3.85. The van der Waals surface area contributed by atoms with E-state index in [1.165, 1.54) is 11.1 Å². The number of pyridine rings is 1. The fourth-order valence-electron chi connectivity index (χ4n) is 3.85. The highest BCUT2D eigenvalue weighted by Crippen LogP contribution is 2.31. The molecule has 1 aromatic heterocycles. The number of aryl methyl sites for hydroxylation is 1. The molecule has 1 saturated heterocycles. The van der Waals surface area contributed by atoms with Crippen molar-refractivity contribution in [2.45, 2.75) is 31.3 Å². The minimum absolute atomic E-state index is 0.0846. The average molecular weight is 307 g/mol. The summed E-state index contributed by atoms with van der Waals surface area (Å²) in [5, 5.41) is 3.33. The molecule has 1 fully saturated rings. The molecule has 118 valence electrons. The third kappa shape index (κ3) is 2.86. The lowest BCUT2D eigenvalue weighted by Crippen LogP contribution is -2.49. The first-order valence-corrected chi connectivity index (χ1v) is 8.26. The molecule has 1 amide bonds. The van der Waals surface area contributed by atoms with E-state index in [2.05, 4.69) is 27.3 Å². The van der Waals surface area contributed by atoms with Gasteiger partial charge in [0, 0.05) is 37.6 Å². The Balaban J connectivity index is 1.49. The third-order valence-corrected chi connectivity index (χ3v) is 5.08. The maximum Gasteiger partial charge on any atom is 0.252 e. The summed E-state index contributed by atoms with van der Waals surface area (Å²) in [5.74, 6) is 0.0846. The summed E-state index contributed by atoms with van der Waals surface area (Å²) >= 11 is 0. The number of benzene rings is 1. The van der Waals surface area contributed by atoms with E-state index in [-0.39, 0.29) is 11.4 Å². The number of fused-ring (bicyclic) bond motifs is 1. The van der Waals surface area contributed by atoms with Crippen LogP contribution in [0.3, 0.4) is 0 Å². The van der Waals surface area contributed by atoms with Crippen LogP contribution in [0, 0.1) is 0 Å². The van der Waals surface area contributed by atoms with E-state index < -0.39 is 0 Å². The van der Waals surface area contributed by atoms with Gasteiger partial charge >= 0.3 is 0 Å². The number of nitrogens with one attached hydrogen (secondary N) is 1. The molecule has 1 atom stereocenters. The van der Waals surface area contributed by atoms with Crippen LogP contribution in [-0.4, -0.2) is 34.4 Å². The van der Waals surface area contributed by atoms with Gasteiger partial charge in [0.15, 0.2) is 0 Å². The summed E-state index contributed by atoms with van der Waals surface area (Å²) in [6.45, 7) is 2.84. The second-order valence-corrected chi connectivity index (χ2v) is 6.71. The maximum atomic E-state index is 12.6. The Hall–Kier alpha value is -2.20. The largest absolute Gasteiger partial charge is 0.345 e. The van der Waals surface area contributed by atoms with Gasteiger partial charge in [-0.3, -0.25) is 14.7 Å². The highest BCUT2D eigenvalue weighted by molar-refractivity contribution is 5.96. The van der Waals surface area contributed by atoms with Crippen LogP contribution in [-0.2, 0) is 13.0 Å². The number of hydrogen-bond donors (Lipinski definition) is 1. The molecule has 1 aromatic carbocycles. The van der Waals surface area contributed by atoms with Gasteiger partial charge in [-0.25, -0.2) is 0 Å². The summed E-state index contributed by atoms with van der Waals surface area (Å²) < 4.78 is 0. The summed E-state index contributed by atoms with van der Waals surface area (Å²) in [4.78, 5) is 19.2. The van der Waals surface area contributed by atoms with Crippen LogP contribution >= 0.6 is 0 Å². The Labute approximate surface area is 136 Å². The molecule has 2 aliphatic heterocycles. The molecule has 0 radical (unpaired) electrons. The van der Waals surface area contributed by atoms with Gasteiger partial charge in [-0.15, -0.1) is 0 Å². The Morgan fingerprint density at radius 3 is 2.96 bits per heavy atom. The van der Waals surface area contributed by atoms with E-state index in [0.29, 0.717) is 0 Å². The van der Waals surface area contributed by atoms with Crippen LogP contribution < -0.4 is 5.32 Å². The van der Waals surface area contributed by atoms with E-state index in [1.54, 1.807) is 6.20 Å². The quantitative estimate of drug-likeness (QED) is 0.926. The standard InChI is InChI=1S/C19H21N3O/c23-18-17-6-2-1-5-16(17)7-8-19(21-18)9-11-22(14-19)13-15-4-3-10-20-12-15/h1-6,10,12H,7-9,11,13-14H2,(H,21,23)/t19-/m1/s1. The Kier molecular flexibility index (Phi) is 3.62. The van der Waals surface area contributed by atoms with Gasteiger partial charge in [0.05, 0.1) is 5.54 Å². The van der Waals surface area contributed by atoms with Crippen molar-refractivity contribution in [2.75, 3.05) is 13.1 Å². The molecule has 4 heteroatoms. The minimum atomic E-state index is -0.0850. The summed E-state index contributed by atoms with van der Waals surface area (Å²) in [6.07, 6.45) is 6.73. The molecule has 23 heavy (non-hydrogen) atoms. The number of aromatic nitrogens is 1. The summed E-state index contributed by atoms with van der Waals surface area (Å²) in [7, 11) is 0. The first kappa shape index (κ1) is 14.4. The SMILES string of the molecule is O=C1N[C@]2(CCc3ccccc31)CCN(Cc1cccnc1)C2. The van der Waals surface area contributed by atoms with E-state index in [0.717, 1.165) is 44.5 Å². The number of hydrogen-bond acceptors (Lipinski definition) is 3. The second-order valence-electron chi connectivity index (χ2n) is 6.71. The predicted octanol–water partition coefficient (Wildman–Crippen LogP) is 2.40. The first-order chi connectivity index (χ1) is 11.2. The third-order valence-electron chi connectivity index (χ3n) is 5.08. The lowest BCUT2D eigenvalue weighted by molar-refractivity contribution is 0.0902. The fraction of sp³-hybridized carbons (Fsp3) is 0.368. The van der Waals surface area contributed by atoms with Crippen molar-refractivity contribution in [3.05, 3.63) is 65.5 Å². The van der Waals surface area contributed by atoms with Gasteiger partial charge in [0.2, 0.25) is 0 Å². The molecule has 3 heterocycles. The number of carbonyl (C=O) groups is 1. The highest BCUT2D eigenvalue weighted by atomic mass is 16.1. The van der Waals surface area contributed by atoms with Crippen molar-refractivity contribution >= 4 is 5.91 Å². The van der Waals surface area contributed by atoms with Crippen molar-refractivity contribution < 1.29 is 4.79 Å². The lowest BCUT2D eigenvalue weighted by Gasteiger charge is -2.29. The Morgan fingerprint density at radius 2 is 2.09 bits per heavy atom. The number of amides is 1. The van der Waals surface area contributed by atoms with Gasteiger partial charge in [0.25, 0.3) is 5.91 Å².